The van der Waals surface area contributed by atoms with Crippen molar-refractivity contribution in [2.24, 2.45) is 5.10 Å². The predicted molar refractivity (Wildman–Crippen MR) is 128 cm³/mol. The quantitative estimate of drug-likeness (QED) is 0.283. The van der Waals surface area contributed by atoms with Gasteiger partial charge in [0.1, 0.15) is 23.8 Å². The summed E-state index contributed by atoms with van der Waals surface area (Å²) in [6.45, 7) is 0.377. The molecule has 0 aliphatic carbocycles. The van der Waals surface area contributed by atoms with Gasteiger partial charge in [-0.2, -0.15) is 10.2 Å². The fourth-order valence-corrected chi connectivity index (χ4v) is 3.22. The number of benzene rings is 3. The Labute approximate surface area is 196 Å². The number of ether oxygens (including phenoxy) is 2. The van der Waals surface area contributed by atoms with Crippen LogP contribution in [0.1, 0.15) is 21.6 Å². The van der Waals surface area contributed by atoms with Gasteiger partial charge in [-0.1, -0.05) is 41.9 Å². The number of methoxy groups -OCH3 is 1. The molecule has 2 N–H and O–H groups in total. The molecule has 0 unspecified atom stereocenters. The average molecular weight is 461 g/mol. The number of carbonyl (C=O) groups excluding carboxylic acids is 1. The lowest BCUT2D eigenvalue weighted by Crippen LogP contribution is -2.18. The molecule has 0 fully saturated rings. The Hall–Kier alpha value is -4.10. The number of amides is 1. The fraction of sp³-hybridized carbons (Fsp3) is 0.0800. The number of aromatic amines is 1. The van der Waals surface area contributed by atoms with E-state index in [1.165, 1.54) is 0 Å². The Balaban J connectivity index is 1.34. The smallest absolute Gasteiger partial charge is 0.289 e. The minimum absolute atomic E-state index is 0.298. The first-order chi connectivity index (χ1) is 16.1. The molecule has 0 radical (unpaired) electrons. The molecule has 0 saturated heterocycles. The Morgan fingerprint density at radius 2 is 1.88 bits per heavy atom. The highest BCUT2D eigenvalue weighted by atomic mass is 35.5. The summed E-state index contributed by atoms with van der Waals surface area (Å²) in [6, 6.07) is 24.0. The molecule has 0 aliphatic rings. The molecule has 0 saturated carbocycles. The van der Waals surface area contributed by atoms with E-state index in [0.717, 1.165) is 16.7 Å². The second-order valence-electron chi connectivity index (χ2n) is 7.05. The van der Waals surface area contributed by atoms with Crippen molar-refractivity contribution in [2.75, 3.05) is 7.11 Å². The largest absolute Gasteiger partial charge is 0.497 e. The number of nitrogens with one attached hydrogen (secondary N) is 2. The molecule has 8 heteroatoms. The van der Waals surface area contributed by atoms with Crippen molar-refractivity contribution in [3.05, 3.63) is 101 Å². The van der Waals surface area contributed by atoms with Crippen molar-refractivity contribution in [3.63, 3.8) is 0 Å². The number of carbonyl (C=O) groups is 1. The Kier molecular flexibility index (Phi) is 7.02. The third-order valence-corrected chi connectivity index (χ3v) is 5.17. The van der Waals surface area contributed by atoms with E-state index in [0.29, 0.717) is 34.5 Å². The van der Waals surface area contributed by atoms with E-state index in [-0.39, 0.29) is 0 Å². The Morgan fingerprint density at radius 1 is 1.06 bits per heavy atom. The first-order valence-electron chi connectivity index (χ1n) is 10.1. The number of H-pyrrole nitrogens is 1. The zero-order valence-electron chi connectivity index (χ0n) is 17.8. The average Bonchev–Trinajstić information content (AvgIpc) is 3.34. The lowest BCUT2D eigenvalue weighted by atomic mass is 10.1. The Bertz CT molecular complexity index is 1270. The summed E-state index contributed by atoms with van der Waals surface area (Å²) in [6.07, 6.45) is 1.54. The number of nitrogens with zero attached hydrogens (tertiary/aromatic N) is 2. The first-order valence-corrected chi connectivity index (χ1v) is 10.5. The predicted octanol–water partition coefficient (Wildman–Crippen LogP) is 5.08. The summed E-state index contributed by atoms with van der Waals surface area (Å²) >= 11 is 6.16. The third kappa shape index (κ3) is 5.78. The molecule has 0 atom stereocenters. The molecule has 3 aromatic carbocycles. The van der Waals surface area contributed by atoms with Crippen LogP contribution in [0.25, 0.3) is 11.3 Å². The van der Waals surface area contributed by atoms with Crippen molar-refractivity contribution in [2.45, 2.75) is 6.61 Å². The van der Waals surface area contributed by atoms with Crippen LogP contribution >= 0.6 is 11.6 Å². The standard InChI is InChI=1S/C25H21ClN4O3/c1-32-21-7-4-5-17(13-21)15-27-30-25(31)24-14-23(28-29-24)18-9-11-20(12-10-18)33-16-19-6-2-3-8-22(19)26/h2-15H,16H2,1H3,(H,28,29)(H,30,31). The molecule has 1 heterocycles. The number of aromatic nitrogens is 2. The molecule has 166 valence electrons. The number of halogens is 1. The second kappa shape index (κ2) is 10.5. The minimum Gasteiger partial charge on any atom is -0.497 e. The molecule has 1 aromatic heterocycles. The van der Waals surface area contributed by atoms with Crippen LogP contribution in [0.2, 0.25) is 5.02 Å². The highest BCUT2D eigenvalue weighted by Gasteiger charge is 2.11. The zero-order chi connectivity index (χ0) is 23.0. The van der Waals surface area contributed by atoms with E-state index in [2.05, 4.69) is 20.7 Å². The summed E-state index contributed by atoms with van der Waals surface area (Å²) in [5.41, 5.74) is 5.98. The van der Waals surface area contributed by atoms with E-state index < -0.39 is 5.91 Å². The second-order valence-corrected chi connectivity index (χ2v) is 7.45. The summed E-state index contributed by atoms with van der Waals surface area (Å²) in [4.78, 5) is 12.4. The number of rotatable bonds is 8. The first kappa shape index (κ1) is 22.1. The maximum absolute atomic E-state index is 12.4. The van der Waals surface area contributed by atoms with Crippen LogP contribution in [0.4, 0.5) is 0 Å². The van der Waals surface area contributed by atoms with Crippen LogP contribution in [0, 0.1) is 0 Å². The van der Waals surface area contributed by atoms with Gasteiger partial charge in [0.05, 0.1) is 19.0 Å². The van der Waals surface area contributed by atoms with Crippen LogP contribution in [-0.2, 0) is 6.61 Å². The fourth-order valence-electron chi connectivity index (χ4n) is 3.03. The van der Waals surface area contributed by atoms with Gasteiger partial charge in [-0.05, 0) is 54.1 Å². The van der Waals surface area contributed by atoms with Gasteiger partial charge in [-0.15, -0.1) is 0 Å². The van der Waals surface area contributed by atoms with Crippen LogP contribution in [-0.4, -0.2) is 29.4 Å². The molecule has 4 aromatic rings. The van der Waals surface area contributed by atoms with Gasteiger partial charge in [0.25, 0.3) is 5.91 Å². The van der Waals surface area contributed by atoms with E-state index >= 15 is 0 Å². The third-order valence-electron chi connectivity index (χ3n) is 4.80. The molecule has 0 bridgehead atoms. The van der Waals surface area contributed by atoms with Crippen LogP contribution < -0.4 is 14.9 Å². The van der Waals surface area contributed by atoms with Crippen LogP contribution in [0.3, 0.4) is 0 Å². The van der Waals surface area contributed by atoms with E-state index in [9.17, 15) is 4.79 Å². The van der Waals surface area contributed by atoms with E-state index in [1.807, 2.05) is 72.8 Å². The number of hydrogen-bond donors (Lipinski definition) is 2. The van der Waals surface area contributed by atoms with Gasteiger partial charge in [-0.3, -0.25) is 9.89 Å². The highest BCUT2D eigenvalue weighted by Crippen LogP contribution is 2.23. The molecule has 33 heavy (non-hydrogen) atoms. The van der Waals surface area contributed by atoms with Crippen LogP contribution in [0.5, 0.6) is 11.5 Å². The lowest BCUT2D eigenvalue weighted by molar-refractivity contribution is 0.0950. The molecule has 0 spiro atoms. The van der Waals surface area contributed by atoms with Gasteiger partial charge >= 0.3 is 0 Å². The van der Waals surface area contributed by atoms with Crippen molar-refractivity contribution in [3.8, 4) is 22.8 Å². The van der Waals surface area contributed by atoms with Gasteiger partial charge < -0.3 is 9.47 Å². The highest BCUT2D eigenvalue weighted by molar-refractivity contribution is 6.31. The normalized spacial score (nSPS) is 10.8. The van der Waals surface area contributed by atoms with Gasteiger partial charge in [0.2, 0.25) is 0 Å². The van der Waals surface area contributed by atoms with E-state index in [1.54, 1.807) is 19.4 Å². The SMILES string of the molecule is COc1cccc(C=NNC(=O)c2cc(-c3ccc(OCc4ccccc4Cl)cc3)n[nH]2)c1. The maximum Gasteiger partial charge on any atom is 0.289 e. The minimum atomic E-state index is -0.396. The molecular weight excluding hydrogens is 440 g/mol. The number of hydrazone groups is 1. The molecule has 1 amide bonds. The van der Waals surface area contributed by atoms with Crippen molar-refractivity contribution in [1.82, 2.24) is 15.6 Å². The van der Waals surface area contributed by atoms with Crippen LogP contribution in [0.15, 0.2) is 84.0 Å². The summed E-state index contributed by atoms with van der Waals surface area (Å²) in [7, 11) is 1.59. The monoisotopic (exact) mass is 460 g/mol. The molecule has 0 aliphatic heterocycles. The molecular formula is C25H21ClN4O3. The van der Waals surface area contributed by atoms with Crippen molar-refractivity contribution < 1.29 is 14.3 Å². The molecule has 4 rings (SSSR count). The van der Waals surface area contributed by atoms with Crippen molar-refractivity contribution in [1.29, 1.82) is 0 Å². The Morgan fingerprint density at radius 3 is 2.67 bits per heavy atom. The van der Waals surface area contributed by atoms with Gasteiger partial charge in [-0.25, -0.2) is 5.43 Å². The topological polar surface area (TPSA) is 88.6 Å². The van der Waals surface area contributed by atoms with Gasteiger partial charge in [0.15, 0.2) is 0 Å². The van der Waals surface area contributed by atoms with E-state index in [4.69, 9.17) is 21.1 Å². The summed E-state index contributed by atoms with van der Waals surface area (Å²) < 4.78 is 11.0. The summed E-state index contributed by atoms with van der Waals surface area (Å²) in [5, 5.41) is 11.6. The maximum atomic E-state index is 12.4. The van der Waals surface area contributed by atoms with Gasteiger partial charge in [0, 0.05) is 16.1 Å². The van der Waals surface area contributed by atoms with Crippen molar-refractivity contribution >= 4 is 23.7 Å². The zero-order valence-corrected chi connectivity index (χ0v) is 18.5. The summed E-state index contributed by atoms with van der Waals surface area (Å²) in [5.74, 6) is 1.02. The molecule has 7 nitrogen and oxygen atoms in total. The number of hydrogen-bond acceptors (Lipinski definition) is 5. The lowest BCUT2D eigenvalue weighted by Gasteiger charge is -2.08.